The van der Waals surface area contributed by atoms with Crippen molar-refractivity contribution in [3.63, 3.8) is 0 Å². The Hall–Kier alpha value is -3.65. The van der Waals surface area contributed by atoms with Crippen LogP contribution in [0, 0.1) is 0 Å². The van der Waals surface area contributed by atoms with Crippen LogP contribution in [-0.2, 0) is 50.2 Å². The zero-order valence-corrected chi connectivity index (χ0v) is 23.0. The van der Waals surface area contributed by atoms with Crippen LogP contribution in [0.4, 0.5) is 0 Å². The molecule has 0 aromatic heterocycles. The summed E-state index contributed by atoms with van der Waals surface area (Å²) in [4.78, 5) is 13.8. The zero-order valence-electron chi connectivity index (χ0n) is 23.0. The van der Waals surface area contributed by atoms with Gasteiger partial charge in [-0.25, -0.2) is 0 Å². The quantitative estimate of drug-likeness (QED) is 0.231. The molecular formula is C35H36O6. The highest BCUT2D eigenvalue weighted by Gasteiger charge is 2.56. The number of benzene rings is 4. The number of Topliss-reactive ketones (excluding diaryl/α,β-unsaturated/α-hetero) is 1. The van der Waals surface area contributed by atoms with E-state index in [1.54, 1.807) is 0 Å². The van der Waals surface area contributed by atoms with Crippen LogP contribution in [0.2, 0.25) is 0 Å². The standard InChI is InChI=1S/C35H36O6/c36-26-35(41-25-30-19-11-4-12-20-30)21-31(37)32(38-22-27-13-5-1-6-14-27)33(39-23-28-15-7-2-8-16-28)34(35)40-24-29-17-9-3-10-18-29/h1-20,32-34,36H,21-26H2. The summed E-state index contributed by atoms with van der Waals surface area (Å²) in [5, 5.41) is 10.8. The molecule has 4 unspecified atom stereocenters. The molecule has 4 aromatic rings. The molecule has 1 aliphatic carbocycles. The molecule has 41 heavy (non-hydrogen) atoms. The Labute approximate surface area is 241 Å². The van der Waals surface area contributed by atoms with Crippen LogP contribution in [0.15, 0.2) is 121 Å². The number of carbonyl (C=O) groups is 1. The van der Waals surface area contributed by atoms with E-state index in [4.69, 9.17) is 18.9 Å². The first kappa shape index (κ1) is 28.9. The molecule has 0 amide bonds. The predicted octanol–water partition coefficient (Wildman–Crippen LogP) is 5.66. The topological polar surface area (TPSA) is 74.2 Å². The Kier molecular flexibility index (Phi) is 10.1. The molecule has 4 aromatic carbocycles. The Morgan fingerprint density at radius 1 is 0.585 bits per heavy atom. The molecule has 0 heterocycles. The van der Waals surface area contributed by atoms with Gasteiger partial charge < -0.3 is 24.1 Å². The van der Waals surface area contributed by atoms with Crippen LogP contribution < -0.4 is 0 Å². The van der Waals surface area contributed by atoms with E-state index in [1.807, 2.05) is 121 Å². The van der Waals surface area contributed by atoms with E-state index >= 15 is 0 Å². The minimum atomic E-state index is -1.32. The third-order valence-corrected chi connectivity index (χ3v) is 7.37. The van der Waals surface area contributed by atoms with E-state index in [-0.39, 0.29) is 38.6 Å². The monoisotopic (exact) mass is 552 g/mol. The van der Waals surface area contributed by atoms with Crippen molar-refractivity contribution in [3.05, 3.63) is 144 Å². The average molecular weight is 553 g/mol. The fourth-order valence-corrected chi connectivity index (χ4v) is 5.16. The van der Waals surface area contributed by atoms with E-state index in [0.29, 0.717) is 0 Å². The Morgan fingerprint density at radius 2 is 1.00 bits per heavy atom. The lowest BCUT2D eigenvalue weighted by molar-refractivity contribution is -0.252. The predicted molar refractivity (Wildman–Crippen MR) is 156 cm³/mol. The highest BCUT2D eigenvalue weighted by atomic mass is 16.6. The molecule has 0 saturated heterocycles. The highest BCUT2D eigenvalue weighted by Crippen LogP contribution is 2.37. The first-order chi connectivity index (χ1) is 20.2. The summed E-state index contributed by atoms with van der Waals surface area (Å²) in [5.41, 5.74) is 2.47. The summed E-state index contributed by atoms with van der Waals surface area (Å²) in [6.07, 6.45) is -2.59. The normalized spacial score (nSPS) is 22.5. The SMILES string of the molecule is O=C1CC(CO)(OCc2ccccc2)C(OCc2ccccc2)C(OCc2ccccc2)C1OCc1ccccc1. The van der Waals surface area contributed by atoms with Crippen molar-refractivity contribution >= 4 is 5.78 Å². The van der Waals surface area contributed by atoms with Crippen molar-refractivity contribution in [1.29, 1.82) is 0 Å². The van der Waals surface area contributed by atoms with Crippen molar-refractivity contribution in [2.75, 3.05) is 6.61 Å². The van der Waals surface area contributed by atoms with Crippen LogP contribution in [0.3, 0.4) is 0 Å². The lowest BCUT2D eigenvalue weighted by Gasteiger charge is -2.48. The number of aliphatic hydroxyl groups excluding tert-OH is 1. The van der Waals surface area contributed by atoms with Gasteiger partial charge in [0.2, 0.25) is 0 Å². The van der Waals surface area contributed by atoms with Gasteiger partial charge in [0.25, 0.3) is 0 Å². The van der Waals surface area contributed by atoms with Gasteiger partial charge in [0.15, 0.2) is 5.78 Å². The Morgan fingerprint density at radius 3 is 1.46 bits per heavy atom. The van der Waals surface area contributed by atoms with Crippen molar-refractivity contribution in [2.45, 2.75) is 56.8 Å². The van der Waals surface area contributed by atoms with E-state index in [9.17, 15) is 9.90 Å². The minimum Gasteiger partial charge on any atom is -0.393 e. The van der Waals surface area contributed by atoms with Crippen LogP contribution in [0.5, 0.6) is 0 Å². The largest absolute Gasteiger partial charge is 0.393 e. The van der Waals surface area contributed by atoms with Crippen LogP contribution >= 0.6 is 0 Å². The number of hydrogen-bond donors (Lipinski definition) is 1. The molecule has 4 atom stereocenters. The van der Waals surface area contributed by atoms with Gasteiger partial charge in [0.05, 0.1) is 33.0 Å². The Balaban J connectivity index is 1.46. The molecule has 1 fully saturated rings. The molecule has 212 valence electrons. The highest BCUT2D eigenvalue weighted by molar-refractivity contribution is 5.86. The van der Waals surface area contributed by atoms with Crippen LogP contribution in [-0.4, -0.2) is 41.4 Å². The van der Waals surface area contributed by atoms with Crippen LogP contribution in [0.1, 0.15) is 28.7 Å². The summed E-state index contributed by atoms with van der Waals surface area (Å²) in [6.45, 7) is 0.537. The number of ketones is 1. The molecule has 1 N–H and O–H groups in total. The lowest BCUT2D eigenvalue weighted by Crippen LogP contribution is -2.65. The average Bonchev–Trinajstić information content (AvgIpc) is 3.03. The minimum absolute atomic E-state index is 0.0690. The van der Waals surface area contributed by atoms with Gasteiger partial charge in [0, 0.05) is 6.42 Å². The van der Waals surface area contributed by atoms with Crippen molar-refractivity contribution in [3.8, 4) is 0 Å². The van der Waals surface area contributed by atoms with Gasteiger partial charge in [-0.15, -0.1) is 0 Å². The molecule has 6 heteroatoms. The second-order valence-electron chi connectivity index (χ2n) is 10.3. The van der Waals surface area contributed by atoms with E-state index in [1.165, 1.54) is 0 Å². The lowest BCUT2D eigenvalue weighted by atomic mass is 9.77. The maximum Gasteiger partial charge on any atom is 0.167 e. The zero-order chi connectivity index (χ0) is 28.3. The number of rotatable bonds is 13. The first-order valence-corrected chi connectivity index (χ1v) is 13.9. The third kappa shape index (κ3) is 7.55. The van der Waals surface area contributed by atoms with Gasteiger partial charge >= 0.3 is 0 Å². The molecule has 5 rings (SSSR count). The van der Waals surface area contributed by atoms with Gasteiger partial charge in [-0.1, -0.05) is 121 Å². The summed E-state index contributed by atoms with van der Waals surface area (Å²) >= 11 is 0. The molecule has 6 nitrogen and oxygen atoms in total. The van der Waals surface area contributed by atoms with Crippen molar-refractivity contribution < 1.29 is 28.8 Å². The number of carbonyl (C=O) groups excluding carboxylic acids is 1. The second kappa shape index (κ2) is 14.3. The summed E-state index contributed by atoms with van der Waals surface area (Å²) < 4.78 is 25.8. The van der Waals surface area contributed by atoms with E-state index < -0.39 is 30.5 Å². The summed E-state index contributed by atoms with van der Waals surface area (Å²) in [6, 6.07) is 39.0. The maximum absolute atomic E-state index is 13.8. The molecular weight excluding hydrogens is 516 g/mol. The first-order valence-electron chi connectivity index (χ1n) is 13.9. The molecule has 0 spiro atoms. The molecule has 1 aliphatic rings. The van der Waals surface area contributed by atoms with E-state index in [0.717, 1.165) is 22.3 Å². The number of aliphatic hydroxyl groups is 1. The number of ether oxygens (including phenoxy) is 4. The fourth-order valence-electron chi connectivity index (χ4n) is 5.16. The molecule has 0 aliphatic heterocycles. The third-order valence-electron chi connectivity index (χ3n) is 7.37. The van der Waals surface area contributed by atoms with Gasteiger partial charge in [0.1, 0.15) is 23.9 Å². The van der Waals surface area contributed by atoms with Crippen molar-refractivity contribution in [2.24, 2.45) is 0 Å². The van der Waals surface area contributed by atoms with E-state index in [2.05, 4.69) is 0 Å². The smallest absolute Gasteiger partial charge is 0.167 e. The Bertz CT molecular complexity index is 1330. The molecule has 0 bridgehead atoms. The van der Waals surface area contributed by atoms with Crippen molar-refractivity contribution in [1.82, 2.24) is 0 Å². The second-order valence-corrected chi connectivity index (χ2v) is 10.3. The van der Waals surface area contributed by atoms with Gasteiger partial charge in [-0.3, -0.25) is 4.79 Å². The molecule has 0 radical (unpaired) electrons. The van der Waals surface area contributed by atoms with Crippen LogP contribution in [0.25, 0.3) is 0 Å². The fraction of sp³-hybridized carbons (Fsp3) is 0.286. The number of hydrogen-bond acceptors (Lipinski definition) is 6. The van der Waals surface area contributed by atoms with Gasteiger partial charge in [-0.2, -0.15) is 0 Å². The molecule has 1 saturated carbocycles. The maximum atomic E-state index is 13.8. The summed E-state index contributed by atoms with van der Waals surface area (Å²) in [5.74, 6) is -0.194. The summed E-state index contributed by atoms with van der Waals surface area (Å²) in [7, 11) is 0. The van der Waals surface area contributed by atoms with Gasteiger partial charge in [-0.05, 0) is 22.3 Å².